The van der Waals surface area contributed by atoms with E-state index in [2.05, 4.69) is 12.2 Å². The summed E-state index contributed by atoms with van der Waals surface area (Å²) in [4.78, 5) is 0. The van der Waals surface area contributed by atoms with E-state index in [0.29, 0.717) is 5.92 Å². The maximum atomic E-state index is 13.3. The first-order valence-electron chi connectivity index (χ1n) is 7.83. The van der Waals surface area contributed by atoms with Crippen molar-refractivity contribution in [3.63, 3.8) is 0 Å². The summed E-state index contributed by atoms with van der Waals surface area (Å²) in [5, 5.41) is 3.58. The number of hydrogen-bond acceptors (Lipinski definition) is 2. The van der Waals surface area contributed by atoms with Crippen molar-refractivity contribution in [2.75, 3.05) is 19.8 Å². The second kappa shape index (κ2) is 8.38. The van der Waals surface area contributed by atoms with E-state index in [9.17, 15) is 4.39 Å². The molecule has 112 valence electrons. The predicted molar refractivity (Wildman–Crippen MR) is 80.3 cm³/mol. The molecule has 1 saturated carbocycles. The van der Waals surface area contributed by atoms with Crippen molar-refractivity contribution in [1.29, 1.82) is 0 Å². The Balaban J connectivity index is 1.80. The smallest absolute Gasteiger partial charge is 0.123 e. The van der Waals surface area contributed by atoms with Crippen LogP contribution in [0, 0.1) is 11.7 Å². The highest BCUT2D eigenvalue weighted by molar-refractivity contribution is 5.17. The van der Waals surface area contributed by atoms with Gasteiger partial charge in [-0.3, -0.25) is 0 Å². The lowest BCUT2D eigenvalue weighted by atomic mass is 9.96. The normalized spacial score (nSPS) is 16.3. The van der Waals surface area contributed by atoms with Crippen LogP contribution in [0.2, 0.25) is 0 Å². The molecule has 0 bridgehead atoms. The lowest BCUT2D eigenvalue weighted by Gasteiger charge is -2.18. The lowest BCUT2D eigenvalue weighted by Crippen LogP contribution is -2.27. The molecule has 20 heavy (non-hydrogen) atoms. The van der Waals surface area contributed by atoms with Crippen LogP contribution in [-0.4, -0.2) is 25.8 Å². The second-order valence-electron chi connectivity index (χ2n) is 5.78. The third kappa shape index (κ3) is 6.02. The molecule has 0 heterocycles. The third-order valence-electron chi connectivity index (χ3n) is 3.70. The van der Waals surface area contributed by atoms with Crippen molar-refractivity contribution in [2.24, 2.45) is 5.92 Å². The summed E-state index contributed by atoms with van der Waals surface area (Å²) in [7, 11) is 0. The van der Waals surface area contributed by atoms with E-state index in [1.807, 2.05) is 6.07 Å². The molecular formula is C17H26FNO. The fourth-order valence-electron chi connectivity index (χ4n) is 2.39. The zero-order valence-corrected chi connectivity index (χ0v) is 12.4. The van der Waals surface area contributed by atoms with E-state index >= 15 is 0 Å². The van der Waals surface area contributed by atoms with Crippen molar-refractivity contribution in [2.45, 2.75) is 45.1 Å². The van der Waals surface area contributed by atoms with E-state index in [1.165, 1.54) is 18.9 Å². The highest BCUT2D eigenvalue weighted by Gasteiger charge is 2.22. The first-order chi connectivity index (χ1) is 9.78. The van der Waals surface area contributed by atoms with Crippen molar-refractivity contribution < 1.29 is 9.13 Å². The van der Waals surface area contributed by atoms with Gasteiger partial charge >= 0.3 is 0 Å². The van der Waals surface area contributed by atoms with Crippen LogP contribution in [0.3, 0.4) is 0 Å². The van der Waals surface area contributed by atoms with Crippen molar-refractivity contribution >= 4 is 0 Å². The summed E-state index contributed by atoms with van der Waals surface area (Å²) in [6, 6.07) is 7.69. The van der Waals surface area contributed by atoms with Crippen molar-refractivity contribution in [3.8, 4) is 0 Å². The number of hydrogen-bond donors (Lipinski definition) is 1. The van der Waals surface area contributed by atoms with Crippen LogP contribution in [0.4, 0.5) is 4.39 Å². The van der Waals surface area contributed by atoms with Crippen LogP contribution < -0.4 is 5.32 Å². The van der Waals surface area contributed by atoms with Crippen molar-refractivity contribution in [3.05, 3.63) is 35.6 Å². The Morgan fingerprint density at radius 1 is 1.35 bits per heavy atom. The molecule has 2 rings (SSSR count). The van der Waals surface area contributed by atoms with Crippen LogP contribution in [0.25, 0.3) is 0 Å². The van der Waals surface area contributed by atoms with Gasteiger partial charge in [-0.05, 0) is 62.3 Å². The van der Waals surface area contributed by atoms with Gasteiger partial charge in [0.2, 0.25) is 0 Å². The van der Waals surface area contributed by atoms with Gasteiger partial charge in [-0.25, -0.2) is 4.39 Å². The highest BCUT2D eigenvalue weighted by atomic mass is 19.1. The van der Waals surface area contributed by atoms with Gasteiger partial charge in [-0.15, -0.1) is 0 Å². The van der Waals surface area contributed by atoms with Crippen molar-refractivity contribution in [1.82, 2.24) is 5.32 Å². The standard InChI is InChI=1S/C17H26FNO/c1-2-9-20-10-8-15(13-19-17-6-7-17)11-14-4-3-5-16(18)12-14/h3-5,12,15,17,19H,2,6-11,13H2,1H3. The molecule has 1 aromatic rings. The van der Waals surface area contributed by atoms with Gasteiger partial charge in [0.25, 0.3) is 0 Å². The Morgan fingerprint density at radius 2 is 2.20 bits per heavy atom. The van der Waals surface area contributed by atoms with E-state index in [1.54, 1.807) is 12.1 Å². The molecule has 2 nitrogen and oxygen atoms in total. The number of halogens is 1. The van der Waals surface area contributed by atoms with Crippen LogP contribution >= 0.6 is 0 Å². The van der Waals surface area contributed by atoms with Gasteiger partial charge in [0.15, 0.2) is 0 Å². The van der Waals surface area contributed by atoms with Crippen LogP contribution in [0.1, 0.15) is 38.2 Å². The molecule has 1 aromatic carbocycles. The summed E-state index contributed by atoms with van der Waals surface area (Å²) < 4.78 is 18.8. The Hall–Kier alpha value is -0.930. The Bertz CT molecular complexity index is 392. The van der Waals surface area contributed by atoms with E-state index < -0.39 is 0 Å². The Morgan fingerprint density at radius 3 is 2.90 bits per heavy atom. The molecule has 0 amide bonds. The SMILES string of the molecule is CCCOCCC(CNC1CC1)Cc1cccc(F)c1. The first-order valence-corrected chi connectivity index (χ1v) is 7.83. The van der Waals surface area contributed by atoms with Gasteiger partial charge in [-0.2, -0.15) is 0 Å². The predicted octanol–water partition coefficient (Wildman–Crippen LogP) is 3.55. The molecule has 1 unspecified atom stereocenters. The first kappa shape index (κ1) is 15.5. The Kier molecular flexibility index (Phi) is 6.48. The second-order valence-corrected chi connectivity index (χ2v) is 5.78. The van der Waals surface area contributed by atoms with Gasteiger partial charge in [0.1, 0.15) is 5.82 Å². The molecule has 1 aliphatic rings. The minimum Gasteiger partial charge on any atom is -0.381 e. The van der Waals surface area contributed by atoms with Crippen LogP contribution in [0.5, 0.6) is 0 Å². The fraction of sp³-hybridized carbons (Fsp3) is 0.647. The maximum absolute atomic E-state index is 13.3. The number of nitrogens with one attached hydrogen (secondary N) is 1. The van der Waals surface area contributed by atoms with Crippen LogP contribution in [-0.2, 0) is 11.2 Å². The molecule has 0 aliphatic heterocycles. The number of rotatable bonds is 10. The zero-order chi connectivity index (χ0) is 14.2. The average molecular weight is 279 g/mol. The van der Waals surface area contributed by atoms with E-state index in [4.69, 9.17) is 4.74 Å². The lowest BCUT2D eigenvalue weighted by molar-refractivity contribution is 0.120. The quantitative estimate of drug-likeness (QED) is 0.661. The molecule has 0 radical (unpaired) electrons. The molecule has 3 heteroatoms. The third-order valence-corrected chi connectivity index (χ3v) is 3.70. The summed E-state index contributed by atoms with van der Waals surface area (Å²) in [6.07, 6.45) is 5.64. The van der Waals surface area contributed by atoms with Gasteiger partial charge in [0, 0.05) is 19.3 Å². The molecule has 0 saturated heterocycles. The molecule has 0 spiro atoms. The summed E-state index contributed by atoms with van der Waals surface area (Å²) in [5.74, 6) is 0.382. The highest BCUT2D eigenvalue weighted by Crippen LogP contribution is 2.20. The summed E-state index contributed by atoms with van der Waals surface area (Å²) >= 11 is 0. The minimum atomic E-state index is -0.140. The monoisotopic (exact) mass is 279 g/mol. The zero-order valence-electron chi connectivity index (χ0n) is 12.4. The number of ether oxygens (including phenoxy) is 1. The van der Waals surface area contributed by atoms with Gasteiger partial charge in [-0.1, -0.05) is 19.1 Å². The van der Waals surface area contributed by atoms with E-state index in [0.717, 1.165) is 50.6 Å². The summed E-state index contributed by atoms with van der Waals surface area (Å²) in [6.45, 7) is 4.78. The maximum Gasteiger partial charge on any atom is 0.123 e. The van der Waals surface area contributed by atoms with Gasteiger partial charge < -0.3 is 10.1 Å². The topological polar surface area (TPSA) is 21.3 Å². The molecule has 1 aliphatic carbocycles. The molecule has 1 fully saturated rings. The molecule has 1 atom stereocenters. The fourth-order valence-corrected chi connectivity index (χ4v) is 2.39. The molecular weight excluding hydrogens is 253 g/mol. The Labute approximate surface area is 121 Å². The average Bonchev–Trinajstić information content (AvgIpc) is 3.25. The van der Waals surface area contributed by atoms with Crippen LogP contribution in [0.15, 0.2) is 24.3 Å². The molecule has 0 aromatic heterocycles. The summed E-state index contributed by atoms with van der Waals surface area (Å²) in [5.41, 5.74) is 1.09. The number of benzene rings is 1. The molecule has 1 N–H and O–H groups in total. The van der Waals surface area contributed by atoms with E-state index in [-0.39, 0.29) is 5.82 Å². The van der Waals surface area contributed by atoms with Gasteiger partial charge in [0.05, 0.1) is 0 Å². The minimum absolute atomic E-state index is 0.140. The largest absolute Gasteiger partial charge is 0.381 e.